The molecule has 1 N–H and O–H groups in total. The predicted molar refractivity (Wildman–Crippen MR) is 95.0 cm³/mol. The fraction of sp³-hybridized carbons (Fsp3) is 0.263. The summed E-state index contributed by atoms with van der Waals surface area (Å²) in [5.41, 5.74) is 1.56. The lowest BCUT2D eigenvalue weighted by molar-refractivity contribution is -0.132. The first-order valence-corrected chi connectivity index (χ1v) is 8.52. The molecule has 1 aliphatic heterocycles. The molecule has 0 spiro atoms. The maximum Gasteiger partial charge on any atom is 0.239 e. The van der Waals surface area contributed by atoms with Crippen molar-refractivity contribution in [1.82, 2.24) is 5.32 Å². The van der Waals surface area contributed by atoms with Crippen molar-refractivity contribution in [2.75, 3.05) is 18.0 Å². The number of halogens is 2. The van der Waals surface area contributed by atoms with E-state index in [-0.39, 0.29) is 17.6 Å². The second kappa shape index (κ2) is 7.66. The Kier molecular flexibility index (Phi) is 5.34. The van der Waals surface area contributed by atoms with Crippen LogP contribution in [0, 0.1) is 11.7 Å². The van der Waals surface area contributed by atoms with E-state index in [0.29, 0.717) is 36.6 Å². The SMILES string of the molecule is O=C(NCCc1ccccc1Cl)[C@H]1CCN(c2ccc(F)cc2)C1=O. The molecule has 2 aromatic carbocycles. The molecule has 1 saturated heterocycles. The maximum atomic E-state index is 13.0. The van der Waals surface area contributed by atoms with Gasteiger partial charge in [0.25, 0.3) is 0 Å². The molecule has 2 aromatic rings. The van der Waals surface area contributed by atoms with E-state index in [9.17, 15) is 14.0 Å². The molecule has 130 valence electrons. The summed E-state index contributed by atoms with van der Waals surface area (Å²) >= 11 is 6.09. The third-order valence-electron chi connectivity index (χ3n) is 4.31. The van der Waals surface area contributed by atoms with E-state index in [1.165, 1.54) is 17.0 Å². The largest absolute Gasteiger partial charge is 0.355 e. The molecule has 1 atom stereocenters. The summed E-state index contributed by atoms with van der Waals surface area (Å²) in [6.07, 6.45) is 1.06. The number of carbonyl (C=O) groups excluding carboxylic acids is 2. The van der Waals surface area contributed by atoms with Crippen LogP contribution in [0.15, 0.2) is 48.5 Å². The summed E-state index contributed by atoms with van der Waals surface area (Å²) in [4.78, 5) is 26.3. The number of nitrogens with zero attached hydrogens (tertiary/aromatic N) is 1. The molecule has 6 heteroatoms. The maximum absolute atomic E-state index is 13.0. The lowest BCUT2D eigenvalue weighted by Crippen LogP contribution is -2.37. The van der Waals surface area contributed by atoms with Gasteiger partial charge in [-0.2, -0.15) is 0 Å². The molecule has 25 heavy (non-hydrogen) atoms. The Morgan fingerprint density at radius 2 is 1.92 bits per heavy atom. The monoisotopic (exact) mass is 360 g/mol. The Hall–Kier alpha value is -2.40. The van der Waals surface area contributed by atoms with E-state index in [1.54, 1.807) is 18.2 Å². The molecule has 0 bridgehead atoms. The quantitative estimate of drug-likeness (QED) is 0.832. The molecular formula is C19H18ClFN2O2. The van der Waals surface area contributed by atoms with Gasteiger partial charge in [0.2, 0.25) is 11.8 Å². The van der Waals surface area contributed by atoms with Gasteiger partial charge in [-0.25, -0.2) is 4.39 Å². The Morgan fingerprint density at radius 3 is 2.64 bits per heavy atom. The molecule has 1 aliphatic rings. The van der Waals surface area contributed by atoms with Crippen LogP contribution in [0.3, 0.4) is 0 Å². The van der Waals surface area contributed by atoms with Crippen molar-refractivity contribution in [2.24, 2.45) is 5.92 Å². The van der Waals surface area contributed by atoms with Crippen molar-refractivity contribution in [3.8, 4) is 0 Å². The van der Waals surface area contributed by atoms with Gasteiger partial charge in [0.05, 0.1) is 0 Å². The smallest absolute Gasteiger partial charge is 0.239 e. The number of anilines is 1. The van der Waals surface area contributed by atoms with Crippen LogP contribution < -0.4 is 10.2 Å². The van der Waals surface area contributed by atoms with Gasteiger partial charge < -0.3 is 10.2 Å². The normalized spacial score (nSPS) is 17.0. The van der Waals surface area contributed by atoms with Gasteiger partial charge in [-0.3, -0.25) is 9.59 Å². The van der Waals surface area contributed by atoms with Crippen LogP contribution in [0.1, 0.15) is 12.0 Å². The van der Waals surface area contributed by atoms with Crippen molar-refractivity contribution in [3.63, 3.8) is 0 Å². The number of hydrogen-bond acceptors (Lipinski definition) is 2. The highest BCUT2D eigenvalue weighted by molar-refractivity contribution is 6.31. The summed E-state index contributed by atoms with van der Waals surface area (Å²) in [5.74, 6) is -1.58. The van der Waals surface area contributed by atoms with Gasteiger partial charge >= 0.3 is 0 Å². The van der Waals surface area contributed by atoms with Crippen molar-refractivity contribution in [2.45, 2.75) is 12.8 Å². The number of carbonyl (C=O) groups is 2. The predicted octanol–water partition coefficient (Wildman–Crippen LogP) is 3.19. The first kappa shape index (κ1) is 17.4. The molecule has 0 aliphatic carbocycles. The number of nitrogens with one attached hydrogen (secondary N) is 1. The van der Waals surface area contributed by atoms with Crippen molar-refractivity contribution < 1.29 is 14.0 Å². The molecule has 0 unspecified atom stereocenters. The van der Waals surface area contributed by atoms with Gasteiger partial charge in [-0.1, -0.05) is 29.8 Å². The van der Waals surface area contributed by atoms with Crippen LogP contribution in [0.2, 0.25) is 5.02 Å². The van der Waals surface area contributed by atoms with E-state index in [4.69, 9.17) is 11.6 Å². The number of benzene rings is 2. The molecule has 4 nitrogen and oxygen atoms in total. The van der Waals surface area contributed by atoms with E-state index in [2.05, 4.69) is 5.32 Å². The molecule has 2 amide bonds. The lowest BCUT2D eigenvalue weighted by atomic mass is 10.1. The van der Waals surface area contributed by atoms with Gasteiger partial charge in [-0.05, 0) is 48.7 Å². The highest BCUT2D eigenvalue weighted by Gasteiger charge is 2.37. The number of hydrogen-bond donors (Lipinski definition) is 1. The zero-order valence-electron chi connectivity index (χ0n) is 13.5. The Balaban J connectivity index is 1.55. The summed E-state index contributed by atoms with van der Waals surface area (Å²) in [7, 11) is 0. The number of amides is 2. The van der Waals surface area contributed by atoms with Crippen LogP contribution in [-0.2, 0) is 16.0 Å². The standard InChI is InChI=1S/C19H18ClFN2O2/c20-17-4-2-1-3-13(17)9-11-22-18(24)16-10-12-23(19(16)25)15-7-5-14(21)6-8-15/h1-8,16H,9-12H2,(H,22,24)/t16-/m1/s1. The van der Waals surface area contributed by atoms with Gasteiger partial charge in [0.1, 0.15) is 11.7 Å². The topological polar surface area (TPSA) is 49.4 Å². The van der Waals surface area contributed by atoms with Crippen molar-refractivity contribution in [3.05, 3.63) is 64.9 Å². The summed E-state index contributed by atoms with van der Waals surface area (Å²) < 4.78 is 13.0. The van der Waals surface area contributed by atoms with E-state index in [1.807, 2.05) is 18.2 Å². The molecule has 1 heterocycles. The second-order valence-corrected chi connectivity index (χ2v) is 6.35. The lowest BCUT2D eigenvalue weighted by Gasteiger charge is -2.16. The Morgan fingerprint density at radius 1 is 1.20 bits per heavy atom. The fourth-order valence-electron chi connectivity index (χ4n) is 2.95. The molecular weight excluding hydrogens is 343 g/mol. The zero-order valence-corrected chi connectivity index (χ0v) is 14.3. The highest BCUT2D eigenvalue weighted by Crippen LogP contribution is 2.25. The van der Waals surface area contributed by atoms with Crippen LogP contribution in [0.5, 0.6) is 0 Å². The van der Waals surface area contributed by atoms with E-state index in [0.717, 1.165) is 5.56 Å². The molecule has 1 fully saturated rings. The third-order valence-corrected chi connectivity index (χ3v) is 4.68. The van der Waals surface area contributed by atoms with Gasteiger partial charge in [0, 0.05) is 23.8 Å². The molecule has 0 radical (unpaired) electrons. The van der Waals surface area contributed by atoms with E-state index >= 15 is 0 Å². The zero-order chi connectivity index (χ0) is 17.8. The Labute approximate surface area is 150 Å². The van der Waals surface area contributed by atoms with Crippen molar-refractivity contribution in [1.29, 1.82) is 0 Å². The average molecular weight is 361 g/mol. The van der Waals surface area contributed by atoms with Crippen LogP contribution >= 0.6 is 11.6 Å². The van der Waals surface area contributed by atoms with Crippen molar-refractivity contribution >= 4 is 29.1 Å². The second-order valence-electron chi connectivity index (χ2n) is 5.94. The van der Waals surface area contributed by atoms with Crippen LogP contribution in [0.25, 0.3) is 0 Å². The Bertz CT molecular complexity index is 779. The third kappa shape index (κ3) is 3.99. The summed E-state index contributed by atoms with van der Waals surface area (Å²) in [6.45, 7) is 0.871. The average Bonchev–Trinajstić information content (AvgIpc) is 2.99. The van der Waals surface area contributed by atoms with Crippen LogP contribution in [-0.4, -0.2) is 24.9 Å². The minimum atomic E-state index is -0.698. The number of rotatable bonds is 5. The fourth-order valence-corrected chi connectivity index (χ4v) is 3.18. The molecule has 0 saturated carbocycles. The van der Waals surface area contributed by atoms with Crippen LogP contribution in [0.4, 0.5) is 10.1 Å². The summed E-state index contributed by atoms with van der Waals surface area (Å²) in [5, 5.41) is 3.47. The van der Waals surface area contributed by atoms with Gasteiger partial charge in [0.15, 0.2) is 0 Å². The first-order valence-electron chi connectivity index (χ1n) is 8.14. The first-order chi connectivity index (χ1) is 12.1. The highest BCUT2D eigenvalue weighted by atomic mass is 35.5. The molecule has 3 rings (SSSR count). The minimum Gasteiger partial charge on any atom is -0.355 e. The van der Waals surface area contributed by atoms with E-state index < -0.39 is 5.92 Å². The summed E-state index contributed by atoms with van der Waals surface area (Å²) in [6, 6.07) is 13.2. The van der Waals surface area contributed by atoms with Gasteiger partial charge in [-0.15, -0.1) is 0 Å². The minimum absolute atomic E-state index is 0.248. The molecule has 0 aromatic heterocycles.